The molecule has 0 aliphatic carbocycles. The molecule has 7 nitrogen and oxygen atoms in total. The number of rotatable bonds is 5. The zero-order valence-corrected chi connectivity index (χ0v) is 12.7. The van der Waals surface area contributed by atoms with Gasteiger partial charge in [-0.25, -0.2) is 4.79 Å². The molecule has 0 saturated carbocycles. The smallest absolute Gasteiger partial charge is 0.331 e. The molecule has 0 aromatic carbocycles. The molecular weight excluding hydrogens is 294 g/mol. The molecule has 2 N–H and O–H groups in total. The topological polar surface area (TPSA) is 93.3 Å². The third kappa shape index (κ3) is 2.91. The SMILES string of the molecule is Cn1c(=O)c2cc(C(=O)NCCCCO)sc2n(C)c1=O. The Balaban J connectivity index is 2.33. The Morgan fingerprint density at radius 3 is 2.67 bits per heavy atom. The fourth-order valence-corrected chi connectivity index (χ4v) is 3.02. The van der Waals surface area contributed by atoms with Crippen LogP contribution in [-0.2, 0) is 14.1 Å². The van der Waals surface area contributed by atoms with Gasteiger partial charge in [0.25, 0.3) is 11.5 Å². The number of aromatic nitrogens is 2. The average Bonchev–Trinajstić information content (AvgIpc) is 2.92. The van der Waals surface area contributed by atoms with Crippen LogP contribution in [-0.4, -0.2) is 33.3 Å². The Hall–Kier alpha value is -1.93. The fraction of sp³-hybridized carbons (Fsp3) is 0.462. The number of nitrogens with zero attached hydrogens (tertiary/aromatic N) is 2. The number of nitrogens with one attached hydrogen (secondary N) is 1. The molecule has 0 bridgehead atoms. The quantitative estimate of drug-likeness (QED) is 0.748. The molecule has 0 radical (unpaired) electrons. The predicted octanol–water partition coefficient (Wildman–Crippen LogP) is -0.199. The van der Waals surface area contributed by atoms with Crippen LogP contribution in [0.1, 0.15) is 22.5 Å². The second kappa shape index (κ2) is 6.23. The van der Waals surface area contributed by atoms with E-state index >= 15 is 0 Å². The highest BCUT2D eigenvalue weighted by molar-refractivity contribution is 7.20. The third-order valence-electron chi connectivity index (χ3n) is 3.22. The van der Waals surface area contributed by atoms with Crippen molar-refractivity contribution in [3.05, 3.63) is 31.8 Å². The second-order valence-corrected chi connectivity index (χ2v) is 5.75. The van der Waals surface area contributed by atoms with Gasteiger partial charge in [0.2, 0.25) is 0 Å². The number of hydrogen-bond acceptors (Lipinski definition) is 5. The Morgan fingerprint density at radius 1 is 1.29 bits per heavy atom. The number of hydrogen-bond donors (Lipinski definition) is 2. The maximum atomic E-state index is 12.0. The highest BCUT2D eigenvalue weighted by Crippen LogP contribution is 2.21. The monoisotopic (exact) mass is 311 g/mol. The van der Waals surface area contributed by atoms with E-state index in [0.29, 0.717) is 34.5 Å². The summed E-state index contributed by atoms with van der Waals surface area (Å²) in [4.78, 5) is 36.8. The van der Waals surface area contributed by atoms with E-state index < -0.39 is 11.2 Å². The number of aliphatic hydroxyl groups excluding tert-OH is 1. The molecule has 0 aliphatic rings. The van der Waals surface area contributed by atoms with Crippen molar-refractivity contribution in [3.63, 3.8) is 0 Å². The maximum absolute atomic E-state index is 12.0. The number of carbonyl (C=O) groups is 1. The van der Waals surface area contributed by atoms with Gasteiger partial charge in [-0.15, -0.1) is 11.3 Å². The largest absolute Gasteiger partial charge is 0.396 e. The Labute approximate surface area is 124 Å². The Bertz CT molecular complexity index is 787. The third-order valence-corrected chi connectivity index (χ3v) is 4.43. The van der Waals surface area contributed by atoms with Gasteiger partial charge >= 0.3 is 5.69 Å². The molecule has 0 fully saturated rings. The van der Waals surface area contributed by atoms with Gasteiger partial charge in [-0.3, -0.25) is 18.7 Å². The van der Waals surface area contributed by atoms with Gasteiger partial charge in [-0.05, 0) is 18.9 Å². The van der Waals surface area contributed by atoms with Gasteiger partial charge in [0.1, 0.15) is 4.83 Å². The zero-order valence-electron chi connectivity index (χ0n) is 11.9. The molecule has 8 heteroatoms. The minimum atomic E-state index is -0.413. The van der Waals surface area contributed by atoms with Crippen molar-refractivity contribution in [3.8, 4) is 0 Å². The number of amides is 1. The summed E-state index contributed by atoms with van der Waals surface area (Å²) < 4.78 is 2.39. The van der Waals surface area contributed by atoms with E-state index in [0.717, 1.165) is 15.9 Å². The highest BCUT2D eigenvalue weighted by Gasteiger charge is 2.16. The molecule has 0 atom stereocenters. The molecule has 2 heterocycles. The zero-order chi connectivity index (χ0) is 15.6. The first-order valence-electron chi connectivity index (χ1n) is 6.56. The number of aliphatic hydroxyl groups is 1. The van der Waals surface area contributed by atoms with Crippen LogP contribution >= 0.6 is 11.3 Å². The van der Waals surface area contributed by atoms with Crippen molar-refractivity contribution in [2.24, 2.45) is 14.1 Å². The molecule has 1 amide bonds. The van der Waals surface area contributed by atoms with Crippen LogP contribution in [0.25, 0.3) is 10.2 Å². The van der Waals surface area contributed by atoms with Gasteiger partial charge in [-0.1, -0.05) is 0 Å². The lowest BCUT2D eigenvalue weighted by atomic mass is 10.3. The molecule has 2 aromatic heterocycles. The Morgan fingerprint density at radius 2 is 2.00 bits per heavy atom. The summed E-state index contributed by atoms with van der Waals surface area (Å²) in [5.41, 5.74) is -0.812. The lowest BCUT2D eigenvalue weighted by Gasteiger charge is -2.02. The summed E-state index contributed by atoms with van der Waals surface area (Å²) in [5, 5.41) is 11.8. The number of fused-ring (bicyclic) bond motifs is 1. The first-order chi connectivity index (χ1) is 9.97. The second-order valence-electron chi connectivity index (χ2n) is 4.72. The van der Waals surface area contributed by atoms with Crippen molar-refractivity contribution in [2.75, 3.05) is 13.2 Å². The van der Waals surface area contributed by atoms with E-state index in [-0.39, 0.29) is 12.5 Å². The van der Waals surface area contributed by atoms with Crippen molar-refractivity contribution in [2.45, 2.75) is 12.8 Å². The van der Waals surface area contributed by atoms with Crippen molar-refractivity contribution in [1.82, 2.24) is 14.5 Å². The summed E-state index contributed by atoms with van der Waals surface area (Å²) in [7, 11) is 2.99. The van der Waals surface area contributed by atoms with Gasteiger partial charge in [0.15, 0.2) is 0 Å². The van der Waals surface area contributed by atoms with Crippen LogP contribution in [0, 0.1) is 0 Å². The summed E-state index contributed by atoms with van der Waals surface area (Å²) >= 11 is 1.12. The predicted molar refractivity (Wildman–Crippen MR) is 81.0 cm³/mol. The van der Waals surface area contributed by atoms with E-state index in [1.54, 1.807) is 7.05 Å². The standard InChI is InChI=1S/C13H17N3O4S/c1-15-11(19)8-7-9(10(18)14-5-3-4-6-17)21-12(8)16(2)13(15)20/h7,17H,3-6H2,1-2H3,(H,14,18). The number of aryl methyl sites for hydroxylation is 1. The normalized spacial score (nSPS) is 11.0. The maximum Gasteiger partial charge on any atom is 0.331 e. The van der Waals surface area contributed by atoms with Gasteiger partial charge in [0, 0.05) is 27.2 Å². The molecule has 21 heavy (non-hydrogen) atoms. The van der Waals surface area contributed by atoms with E-state index in [9.17, 15) is 14.4 Å². The summed E-state index contributed by atoms with van der Waals surface area (Å²) in [6.45, 7) is 0.557. The molecule has 0 saturated heterocycles. The molecule has 0 aliphatic heterocycles. The minimum Gasteiger partial charge on any atom is -0.396 e. The average molecular weight is 311 g/mol. The van der Waals surface area contributed by atoms with Crippen LogP contribution in [0.4, 0.5) is 0 Å². The van der Waals surface area contributed by atoms with E-state index in [1.165, 1.54) is 17.7 Å². The van der Waals surface area contributed by atoms with Gasteiger partial charge in [0.05, 0.1) is 10.3 Å². The summed E-state index contributed by atoms with van der Waals surface area (Å²) in [5.74, 6) is -0.274. The van der Waals surface area contributed by atoms with Gasteiger partial charge in [-0.2, -0.15) is 0 Å². The van der Waals surface area contributed by atoms with Crippen molar-refractivity contribution >= 4 is 27.5 Å². The lowest BCUT2D eigenvalue weighted by Crippen LogP contribution is -2.36. The first-order valence-corrected chi connectivity index (χ1v) is 7.37. The lowest BCUT2D eigenvalue weighted by molar-refractivity contribution is 0.0956. The number of thiophene rings is 1. The summed E-state index contributed by atoms with van der Waals surface area (Å²) in [6.07, 6.45) is 1.31. The molecule has 2 rings (SSSR count). The number of carbonyl (C=O) groups excluding carboxylic acids is 1. The van der Waals surface area contributed by atoms with Crippen LogP contribution < -0.4 is 16.6 Å². The fourth-order valence-electron chi connectivity index (χ4n) is 2.00. The highest BCUT2D eigenvalue weighted by atomic mass is 32.1. The van der Waals surface area contributed by atoms with Crippen molar-refractivity contribution in [1.29, 1.82) is 0 Å². The Kier molecular flexibility index (Phi) is 4.59. The van der Waals surface area contributed by atoms with Crippen LogP contribution in [0.2, 0.25) is 0 Å². The number of unbranched alkanes of at least 4 members (excludes halogenated alkanes) is 1. The van der Waals surface area contributed by atoms with Crippen LogP contribution in [0.15, 0.2) is 15.7 Å². The molecule has 0 unspecified atom stereocenters. The minimum absolute atomic E-state index is 0.0942. The molecule has 2 aromatic rings. The van der Waals surface area contributed by atoms with E-state index in [4.69, 9.17) is 5.11 Å². The molecule has 114 valence electrons. The van der Waals surface area contributed by atoms with E-state index in [1.807, 2.05) is 0 Å². The van der Waals surface area contributed by atoms with E-state index in [2.05, 4.69) is 5.32 Å². The van der Waals surface area contributed by atoms with Crippen molar-refractivity contribution < 1.29 is 9.90 Å². The van der Waals surface area contributed by atoms with Crippen LogP contribution in [0.5, 0.6) is 0 Å². The molecular formula is C13H17N3O4S. The van der Waals surface area contributed by atoms with Gasteiger partial charge < -0.3 is 10.4 Å². The summed E-state index contributed by atoms with van der Waals surface area (Å²) in [6, 6.07) is 1.52. The first kappa shape index (κ1) is 15.5. The molecule has 0 spiro atoms. The van der Waals surface area contributed by atoms with Crippen LogP contribution in [0.3, 0.4) is 0 Å².